The molecule has 0 spiro atoms. The van der Waals surface area contributed by atoms with Crippen molar-refractivity contribution in [3.8, 4) is 12.1 Å². The maximum absolute atomic E-state index is 9.42. The molecule has 0 aromatic heterocycles. The standard InChI is InChI=1S/C40H35N3/c1-39(2,3)30-12-16-32(17-13-30)43(33-18-14-31(15-19-33)40(4,5)6)36-22-11-28-9-20-34-29(23-26(24-41)25-42)8-7-27-10-21-35(36)38(28)37(27)34/h7-23H,1-6H3. The van der Waals surface area contributed by atoms with Gasteiger partial charge < -0.3 is 4.90 Å². The molecule has 0 saturated heterocycles. The first-order chi connectivity index (χ1) is 20.5. The van der Waals surface area contributed by atoms with Crippen LogP contribution in [0.25, 0.3) is 38.4 Å². The average molecular weight is 558 g/mol. The van der Waals surface area contributed by atoms with Gasteiger partial charge in [0.1, 0.15) is 17.7 Å². The van der Waals surface area contributed by atoms with Gasteiger partial charge in [-0.3, -0.25) is 0 Å². The van der Waals surface area contributed by atoms with E-state index in [1.54, 1.807) is 6.08 Å². The van der Waals surface area contributed by atoms with Crippen LogP contribution in [0.3, 0.4) is 0 Å². The summed E-state index contributed by atoms with van der Waals surface area (Å²) < 4.78 is 0. The quantitative estimate of drug-likeness (QED) is 0.160. The van der Waals surface area contributed by atoms with Gasteiger partial charge in [0.25, 0.3) is 0 Å². The molecule has 6 rings (SSSR count). The van der Waals surface area contributed by atoms with Crippen LogP contribution < -0.4 is 4.90 Å². The smallest absolute Gasteiger partial charge is 0.130 e. The third-order valence-corrected chi connectivity index (χ3v) is 8.44. The topological polar surface area (TPSA) is 50.8 Å². The van der Waals surface area contributed by atoms with Gasteiger partial charge in [-0.25, -0.2) is 0 Å². The Morgan fingerprint density at radius 3 is 1.49 bits per heavy atom. The van der Waals surface area contributed by atoms with Crippen molar-refractivity contribution in [3.05, 3.63) is 119 Å². The number of anilines is 3. The van der Waals surface area contributed by atoms with Crippen molar-refractivity contribution >= 4 is 55.5 Å². The van der Waals surface area contributed by atoms with Crippen LogP contribution in [-0.2, 0) is 10.8 Å². The molecule has 0 heterocycles. The average Bonchev–Trinajstić information content (AvgIpc) is 2.99. The minimum absolute atomic E-state index is 0.0633. The largest absolute Gasteiger partial charge is 0.310 e. The van der Waals surface area contributed by atoms with Crippen LogP contribution in [0.2, 0.25) is 0 Å². The normalized spacial score (nSPS) is 11.9. The second-order valence-corrected chi connectivity index (χ2v) is 13.4. The predicted octanol–water partition coefficient (Wildman–Crippen LogP) is 11.1. The zero-order chi connectivity index (χ0) is 30.5. The molecule has 6 aromatic carbocycles. The fourth-order valence-electron chi connectivity index (χ4n) is 6.02. The molecule has 210 valence electrons. The molecule has 0 saturated carbocycles. The number of nitriles is 2. The van der Waals surface area contributed by atoms with Gasteiger partial charge in [-0.2, -0.15) is 10.5 Å². The number of hydrogen-bond acceptors (Lipinski definition) is 3. The van der Waals surface area contributed by atoms with Crippen molar-refractivity contribution in [1.29, 1.82) is 10.5 Å². The van der Waals surface area contributed by atoms with Gasteiger partial charge in [0, 0.05) is 16.8 Å². The molecule has 3 nitrogen and oxygen atoms in total. The molecule has 3 heteroatoms. The number of allylic oxidation sites excluding steroid dienone is 1. The zero-order valence-corrected chi connectivity index (χ0v) is 25.7. The Kier molecular flexibility index (Phi) is 6.71. The van der Waals surface area contributed by atoms with Gasteiger partial charge in [-0.05, 0) is 90.9 Å². The summed E-state index contributed by atoms with van der Waals surface area (Å²) in [6.07, 6.45) is 1.69. The van der Waals surface area contributed by atoms with Crippen LogP contribution in [0.4, 0.5) is 17.1 Å². The second-order valence-electron chi connectivity index (χ2n) is 13.4. The van der Waals surface area contributed by atoms with Crippen molar-refractivity contribution in [2.45, 2.75) is 52.4 Å². The van der Waals surface area contributed by atoms with Crippen molar-refractivity contribution in [2.75, 3.05) is 4.90 Å². The Morgan fingerprint density at radius 2 is 1.00 bits per heavy atom. The van der Waals surface area contributed by atoms with Gasteiger partial charge in [0.2, 0.25) is 0 Å². The van der Waals surface area contributed by atoms with E-state index < -0.39 is 0 Å². The molecule has 0 amide bonds. The summed E-state index contributed by atoms with van der Waals surface area (Å²) in [6.45, 7) is 13.4. The summed E-state index contributed by atoms with van der Waals surface area (Å²) >= 11 is 0. The fraction of sp³-hybridized carbons (Fsp3) is 0.200. The first kappa shape index (κ1) is 28.0. The van der Waals surface area contributed by atoms with E-state index >= 15 is 0 Å². The van der Waals surface area contributed by atoms with Crippen molar-refractivity contribution in [1.82, 2.24) is 0 Å². The summed E-state index contributed by atoms with van der Waals surface area (Å²) in [4.78, 5) is 2.36. The van der Waals surface area contributed by atoms with Crippen molar-refractivity contribution in [3.63, 3.8) is 0 Å². The van der Waals surface area contributed by atoms with Crippen molar-refractivity contribution < 1.29 is 0 Å². The Morgan fingerprint density at radius 1 is 0.558 bits per heavy atom. The van der Waals surface area contributed by atoms with E-state index in [1.165, 1.54) is 16.5 Å². The molecule has 0 aliphatic heterocycles. The molecule has 0 bridgehead atoms. The molecule has 0 N–H and O–H groups in total. The number of nitrogens with zero attached hydrogens (tertiary/aromatic N) is 3. The monoisotopic (exact) mass is 557 g/mol. The second kappa shape index (κ2) is 10.3. The molecular weight excluding hydrogens is 522 g/mol. The van der Waals surface area contributed by atoms with E-state index in [2.05, 4.69) is 137 Å². The van der Waals surface area contributed by atoms with Gasteiger partial charge in [0.05, 0.1) is 5.69 Å². The van der Waals surface area contributed by atoms with Gasteiger partial charge in [-0.15, -0.1) is 0 Å². The Labute approximate surface area is 254 Å². The minimum Gasteiger partial charge on any atom is -0.310 e. The lowest BCUT2D eigenvalue weighted by Crippen LogP contribution is -2.14. The van der Waals surface area contributed by atoms with Crippen LogP contribution in [0.1, 0.15) is 58.2 Å². The first-order valence-electron chi connectivity index (χ1n) is 14.7. The zero-order valence-electron chi connectivity index (χ0n) is 25.7. The SMILES string of the molecule is CC(C)(C)c1ccc(N(c2ccc(C(C)(C)C)cc2)c2ccc3ccc4c(C=C(C#N)C#N)ccc5ccc2c3c54)cc1. The first-order valence-corrected chi connectivity index (χ1v) is 14.7. The van der Waals surface area contributed by atoms with Crippen LogP contribution >= 0.6 is 0 Å². The maximum atomic E-state index is 9.42. The van der Waals surface area contributed by atoms with Gasteiger partial charge in [0.15, 0.2) is 0 Å². The molecule has 0 fully saturated rings. The van der Waals surface area contributed by atoms with E-state index in [4.69, 9.17) is 0 Å². The number of benzene rings is 6. The summed E-state index contributed by atoms with van der Waals surface area (Å²) in [7, 11) is 0. The fourth-order valence-corrected chi connectivity index (χ4v) is 6.02. The summed E-state index contributed by atoms with van der Waals surface area (Å²) in [5.41, 5.74) is 6.99. The molecule has 0 unspecified atom stereocenters. The molecule has 0 aliphatic rings. The van der Waals surface area contributed by atoms with Crippen LogP contribution in [-0.4, -0.2) is 0 Å². The highest BCUT2D eigenvalue weighted by atomic mass is 15.1. The summed E-state index contributed by atoms with van der Waals surface area (Å²) in [5.74, 6) is 0. The molecule has 6 aromatic rings. The molecule has 0 aliphatic carbocycles. The Balaban J connectivity index is 1.63. The summed E-state index contributed by atoms with van der Waals surface area (Å²) in [5, 5.41) is 25.6. The molecule has 0 radical (unpaired) electrons. The van der Waals surface area contributed by atoms with E-state index in [0.717, 1.165) is 49.6 Å². The number of hydrogen-bond donors (Lipinski definition) is 0. The Bertz CT molecular complexity index is 2010. The Hall–Kier alpha value is -5.12. The van der Waals surface area contributed by atoms with E-state index in [0.29, 0.717) is 0 Å². The molecular formula is C40H35N3. The van der Waals surface area contributed by atoms with Gasteiger partial charge >= 0.3 is 0 Å². The maximum Gasteiger partial charge on any atom is 0.130 e. The van der Waals surface area contributed by atoms with Crippen LogP contribution in [0, 0.1) is 22.7 Å². The lowest BCUT2D eigenvalue weighted by molar-refractivity contribution is 0.590. The third kappa shape index (κ3) is 4.98. The van der Waals surface area contributed by atoms with Crippen LogP contribution in [0.15, 0.2) is 103 Å². The van der Waals surface area contributed by atoms with Crippen LogP contribution in [0.5, 0.6) is 0 Å². The summed E-state index contributed by atoms with van der Waals surface area (Å²) in [6, 6.07) is 39.0. The highest BCUT2D eigenvalue weighted by Gasteiger charge is 2.21. The molecule has 0 atom stereocenters. The van der Waals surface area contributed by atoms with E-state index in [-0.39, 0.29) is 16.4 Å². The number of rotatable bonds is 4. The third-order valence-electron chi connectivity index (χ3n) is 8.44. The predicted molar refractivity (Wildman–Crippen MR) is 181 cm³/mol. The lowest BCUT2D eigenvalue weighted by Gasteiger charge is -2.29. The van der Waals surface area contributed by atoms with E-state index in [9.17, 15) is 10.5 Å². The lowest BCUT2D eigenvalue weighted by atomic mass is 9.86. The molecule has 43 heavy (non-hydrogen) atoms. The minimum atomic E-state index is 0.0633. The van der Waals surface area contributed by atoms with Gasteiger partial charge in [-0.1, -0.05) is 108 Å². The van der Waals surface area contributed by atoms with E-state index in [1.807, 2.05) is 18.2 Å². The highest BCUT2D eigenvalue weighted by Crippen LogP contribution is 2.45. The van der Waals surface area contributed by atoms with Crippen molar-refractivity contribution in [2.24, 2.45) is 0 Å². The highest BCUT2D eigenvalue weighted by molar-refractivity contribution is 6.26.